The van der Waals surface area contributed by atoms with E-state index in [0.29, 0.717) is 5.76 Å². The average molecular weight is 373 g/mol. The lowest BCUT2D eigenvalue weighted by molar-refractivity contribution is 0.0917. The zero-order chi connectivity index (χ0) is 20.4. The lowest BCUT2D eigenvalue weighted by Gasteiger charge is -2.21. The molecule has 0 unspecified atom stereocenters. The second-order valence-corrected chi connectivity index (χ2v) is 7.85. The van der Waals surface area contributed by atoms with Gasteiger partial charge in [-0.1, -0.05) is 0 Å². The molecule has 2 aromatic heterocycles. The zero-order valence-electron chi connectivity index (χ0n) is 16.7. The Morgan fingerprint density at radius 2 is 1.70 bits per heavy atom. The van der Waals surface area contributed by atoms with E-state index in [1.165, 1.54) is 12.4 Å². The molecule has 0 spiro atoms. The summed E-state index contributed by atoms with van der Waals surface area (Å²) < 4.78 is 7.10. The first-order chi connectivity index (χ1) is 12.5. The fraction of sp³-hybridized carbons (Fsp3) is 0.450. The predicted octanol–water partition coefficient (Wildman–Crippen LogP) is 2.79. The van der Waals surface area contributed by atoms with Crippen molar-refractivity contribution < 1.29 is 14.0 Å². The molecule has 0 saturated carbocycles. The molecular formula is C20H27N3O4. The minimum Gasteiger partial charge on any atom is -0.465 e. The van der Waals surface area contributed by atoms with E-state index < -0.39 is 22.8 Å². The van der Waals surface area contributed by atoms with Gasteiger partial charge in [-0.3, -0.25) is 14.4 Å². The third-order valence-electron chi connectivity index (χ3n) is 3.84. The van der Waals surface area contributed by atoms with Crippen LogP contribution in [0.1, 0.15) is 72.9 Å². The molecule has 2 amide bonds. The molecule has 27 heavy (non-hydrogen) atoms. The van der Waals surface area contributed by atoms with Gasteiger partial charge in [-0.2, -0.15) is 0 Å². The van der Waals surface area contributed by atoms with Crippen LogP contribution in [-0.2, 0) is 6.54 Å². The second-order valence-electron chi connectivity index (χ2n) is 7.85. The Kier molecular flexibility index (Phi) is 5.93. The quantitative estimate of drug-likeness (QED) is 0.843. The summed E-state index contributed by atoms with van der Waals surface area (Å²) in [5, 5.41) is 5.44. The molecule has 0 bridgehead atoms. The normalized spacial score (nSPS) is 11.5. The molecule has 0 aliphatic rings. The number of rotatable bonds is 5. The second kappa shape index (κ2) is 7.82. The predicted molar refractivity (Wildman–Crippen MR) is 103 cm³/mol. The van der Waals surface area contributed by atoms with Crippen molar-refractivity contribution in [1.82, 2.24) is 15.2 Å². The van der Waals surface area contributed by atoms with Crippen LogP contribution in [0.3, 0.4) is 0 Å². The molecule has 0 fully saturated rings. The highest BCUT2D eigenvalue weighted by Gasteiger charge is 2.23. The largest absolute Gasteiger partial charge is 0.465 e. The van der Waals surface area contributed by atoms with Gasteiger partial charge in [-0.05, 0) is 53.7 Å². The van der Waals surface area contributed by atoms with Gasteiger partial charge in [-0.15, -0.1) is 0 Å². The minimum atomic E-state index is -0.596. The monoisotopic (exact) mass is 373 g/mol. The highest BCUT2D eigenvalue weighted by atomic mass is 16.3. The van der Waals surface area contributed by atoms with Crippen LogP contribution in [0, 0.1) is 6.92 Å². The lowest BCUT2D eigenvalue weighted by atomic mass is 10.1. The van der Waals surface area contributed by atoms with Gasteiger partial charge in [0.05, 0.1) is 6.54 Å². The molecule has 2 N–H and O–H groups in total. The number of furan rings is 1. The molecule has 7 nitrogen and oxygen atoms in total. The van der Waals surface area contributed by atoms with Crippen molar-refractivity contribution in [2.24, 2.45) is 0 Å². The molecule has 0 atom stereocenters. The number of pyridine rings is 1. The maximum atomic E-state index is 12.8. The first kappa shape index (κ1) is 20.5. The van der Waals surface area contributed by atoms with E-state index in [9.17, 15) is 14.4 Å². The van der Waals surface area contributed by atoms with E-state index in [-0.39, 0.29) is 23.7 Å². The van der Waals surface area contributed by atoms with Gasteiger partial charge in [-0.25, -0.2) is 0 Å². The van der Waals surface area contributed by atoms with Crippen molar-refractivity contribution in [3.63, 3.8) is 0 Å². The van der Waals surface area contributed by atoms with Crippen LogP contribution in [0.25, 0.3) is 0 Å². The van der Waals surface area contributed by atoms with Crippen LogP contribution >= 0.6 is 0 Å². The van der Waals surface area contributed by atoms with Gasteiger partial charge in [0.25, 0.3) is 11.8 Å². The summed E-state index contributed by atoms with van der Waals surface area (Å²) in [5.41, 5.74) is -1.22. The molecule has 0 aliphatic heterocycles. The van der Waals surface area contributed by atoms with Crippen molar-refractivity contribution in [2.75, 3.05) is 0 Å². The van der Waals surface area contributed by atoms with E-state index in [0.717, 1.165) is 5.76 Å². The Hall–Kier alpha value is -2.83. The molecule has 0 aliphatic carbocycles. The number of hydrogen-bond acceptors (Lipinski definition) is 4. The first-order valence-corrected chi connectivity index (χ1v) is 8.90. The van der Waals surface area contributed by atoms with Crippen molar-refractivity contribution in [2.45, 2.75) is 59.7 Å². The van der Waals surface area contributed by atoms with Crippen molar-refractivity contribution in [1.29, 1.82) is 0 Å². The summed E-state index contributed by atoms with van der Waals surface area (Å²) in [5.74, 6) is 0.279. The van der Waals surface area contributed by atoms with Crippen LogP contribution in [0.5, 0.6) is 0 Å². The highest BCUT2D eigenvalue weighted by Crippen LogP contribution is 2.10. The maximum Gasteiger partial charge on any atom is 0.257 e. The molecule has 146 valence electrons. The fourth-order valence-corrected chi connectivity index (χ4v) is 2.47. The number of amides is 2. The SMILES string of the molecule is Cc1ccc(CNC(=O)c2cn(C(C)C)cc(C(=O)NC(C)(C)C)c2=O)o1. The fourth-order valence-electron chi connectivity index (χ4n) is 2.47. The molecule has 0 saturated heterocycles. The lowest BCUT2D eigenvalue weighted by Crippen LogP contribution is -2.43. The van der Waals surface area contributed by atoms with E-state index in [1.54, 1.807) is 16.7 Å². The third-order valence-corrected chi connectivity index (χ3v) is 3.84. The zero-order valence-corrected chi connectivity index (χ0v) is 16.7. The van der Waals surface area contributed by atoms with Gasteiger partial charge in [0, 0.05) is 24.0 Å². The van der Waals surface area contributed by atoms with E-state index in [2.05, 4.69) is 10.6 Å². The van der Waals surface area contributed by atoms with Crippen LogP contribution in [0.2, 0.25) is 0 Å². The summed E-state index contributed by atoms with van der Waals surface area (Å²) in [4.78, 5) is 37.9. The van der Waals surface area contributed by atoms with Gasteiger partial charge in [0.15, 0.2) is 0 Å². The Bertz CT molecular complexity index is 901. The highest BCUT2D eigenvalue weighted by molar-refractivity contribution is 5.99. The number of carbonyl (C=O) groups excluding carboxylic acids is 2. The van der Waals surface area contributed by atoms with Crippen LogP contribution in [0.15, 0.2) is 33.7 Å². The first-order valence-electron chi connectivity index (χ1n) is 8.90. The summed E-state index contributed by atoms with van der Waals surface area (Å²) >= 11 is 0. The van der Waals surface area contributed by atoms with E-state index in [1.807, 2.05) is 41.5 Å². The van der Waals surface area contributed by atoms with Crippen LogP contribution in [-0.4, -0.2) is 21.9 Å². The molecule has 2 rings (SSSR count). The minimum absolute atomic E-state index is 0.0222. The van der Waals surface area contributed by atoms with Crippen molar-refractivity contribution >= 4 is 11.8 Å². The summed E-state index contributed by atoms with van der Waals surface area (Å²) in [7, 11) is 0. The number of aryl methyl sites for hydroxylation is 1. The summed E-state index contributed by atoms with van der Waals surface area (Å²) in [6, 6.07) is 3.53. The summed E-state index contributed by atoms with van der Waals surface area (Å²) in [6.07, 6.45) is 2.96. The molecular weight excluding hydrogens is 346 g/mol. The molecule has 2 heterocycles. The number of aromatic nitrogens is 1. The van der Waals surface area contributed by atoms with Gasteiger partial charge >= 0.3 is 0 Å². The number of carbonyl (C=O) groups is 2. The van der Waals surface area contributed by atoms with Crippen molar-refractivity contribution in [3.05, 3.63) is 57.4 Å². The number of hydrogen-bond donors (Lipinski definition) is 2. The Labute approximate surface area is 158 Å². The smallest absolute Gasteiger partial charge is 0.257 e. The summed E-state index contributed by atoms with van der Waals surface area (Å²) in [6.45, 7) is 11.3. The third kappa shape index (κ3) is 5.32. The topological polar surface area (TPSA) is 93.3 Å². The molecule has 0 aromatic carbocycles. The van der Waals surface area contributed by atoms with Gasteiger partial charge in [0.1, 0.15) is 22.6 Å². The molecule has 2 aromatic rings. The Balaban J connectivity index is 2.35. The van der Waals surface area contributed by atoms with E-state index in [4.69, 9.17) is 4.42 Å². The molecule has 0 radical (unpaired) electrons. The average Bonchev–Trinajstić information content (AvgIpc) is 2.96. The number of nitrogens with one attached hydrogen (secondary N) is 2. The Morgan fingerprint density at radius 3 is 2.19 bits per heavy atom. The van der Waals surface area contributed by atoms with Crippen LogP contribution in [0.4, 0.5) is 0 Å². The van der Waals surface area contributed by atoms with Gasteiger partial charge in [0.2, 0.25) is 5.43 Å². The van der Waals surface area contributed by atoms with Gasteiger partial charge < -0.3 is 19.6 Å². The van der Waals surface area contributed by atoms with Crippen LogP contribution < -0.4 is 16.1 Å². The Morgan fingerprint density at radius 1 is 1.11 bits per heavy atom. The standard InChI is InChI=1S/C20H27N3O4/c1-12(2)23-10-15(18(25)21-9-14-8-7-13(3)27-14)17(24)16(11-23)19(26)22-20(4,5)6/h7-8,10-12H,9H2,1-6H3,(H,21,25)(H,22,26). The molecule has 7 heteroatoms. The maximum absolute atomic E-state index is 12.8. The van der Waals surface area contributed by atoms with Crippen molar-refractivity contribution in [3.8, 4) is 0 Å². The van der Waals surface area contributed by atoms with E-state index >= 15 is 0 Å². The number of nitrogens with zero attached hydrogens (tertiary/aromatic N) is 1.